The lowest BCUT2D eigenvalue weighted by atomic mass is 10.1. The fourth-order valence-electron chi connectivity index (χ4n) is 3.15. The number of hydrogen-bond acceptors (Lipinski definition) is 4. The molecule has 0 saturated carbocycles. The van der Waals surface area contributed by atoms with Gasteiger partial charge in [-0.05, 0) is 42.3 Å². The maximum atomic E-state index is 12.8. The van der Waals surface area contributed by atoms with E-state index in [1.807, 2.05) is 55.5 Å². The highest BCUT2D eigenvalue weighted by Crippen LogP contribution is 2.34. The molecule has 4 rings (SSSR count). The lowest BCUT2D eigenvalue weighted by Gasteiger charge is -2.15. The number of hydrogen-bond donors (Lipinski definition) is 1. The Morgan fingerprint density at radius 1 is 1.07 bits per heavy atom. The SMILES string of the molecule is C[C@H](NC(=O)c1cccn(Cc2ccccc2)c1=O)c1ccc2c(c1)OCO2. The molecular formula is C22H20N2O4. The second-order valence-electron chi connectivity index (χ2n) is 6.65. The van der Waals surface area contributed by atoms with E-state index in [2.05, 4.69) is 5.32 Å². The van der Waals surface area contributed by atoms with E-state index < -0.39 is 5.91 Å². The van der Waals surface area contributed by atoms with Crippen LogP contribution in [0.5, 0.6) is 11.5 Å². The molecule has 0 spiro atoms. The van der Waals surface area contributed by atoms with Crippen LogP contribution >= 0.6 is 0 Å². The molecule has 1 N–H and O–H groups in total. The Morgan fingerprint density at radius 2 is 1.86 bits per heavy atom. The average Bonchev–Trinajstić information content (AvgIpc) is 3.18. The van der Waals surface area contributed by atoms with Gasteiger partial charge in [0.05, 0.1) is 12.6 Å². The zero-order chi connectivity index (χ0) is 19.5. The van der Waals surface area contributed by atoms with E-state index in [-0.39, 0.29) is 24.0 Å². The van der Waals surface area contributed by atoms with Gasteiger partial charge in [-0.1, -0.05) is 36.4 Å². The number of nitrogens with one attached hydrogen (secondary N) is 1. The van der Waals surface area contributed by atoms with E-state index in [9.17, 15) is 9.59 Å². The number of amides is 1. The molecule has 0 unspecified atom stereocenters. The first-order valence-electron chi connectivity index (χ1n) is 9.05. The topological polar surface area (TPSA) is 69.6 Å². The summed E-state index contributed by atoms with van der Waals surface area (Å²) in [6, 6.07) is 18.2. The van der Waals surface area contributed by atoms with Crippen LogP contribution in [0.3, 0.4) is 0 Å². The molecule has 2 heterocycles. The summed E-state index contributed by atoms with van der Waals surface area (Å²) in [6.45, 7) is 2.48. The average molecular weight is 376 g/mol. The highest BCUT2D eigenvalue weighted by molar-refractivity contribution is 5.94. The quantitative estimate of drug-likeness (QED) is 0.743. The van der Waals surface area contributed by atoms with Crippen molar-refractivity contribution in [1.82, 2.24) is 9.88 Å². The number of fused-ring (bicyclic) bond motifs is 1. The number of nitrogens with zero attached hydrogens (tertiary/aromatic N) is 1. The summed E-state index contributed by atoms with van der Waals surface area (Å²) in [6.07, 6.45) is 1.69. The molecule has 1 aromatic heterocycles. The Bertz CT molecular complexity index is 1060. The molecule has 2 aromatic carbocycles. The van der Waals surface area contributed by atoms with Gasteiger partial charge in [-0.15, -0.1) is 0 Å². The van der Waals surface area contributed by atoms with Crippen molar-refractivity contribution in [3.05, 3.63) is 93.9 Å². The van der Waals surface area contributed by atoms with Crippen LogP contribution < -0.4 is 20.3 Å². The largest absolute Gasteiger partial charge is 0.454 e. The molecular weight excluding hydrogens is 356 g/mol. The van der Waals surface area contributed by atoms with Crippen molar-refractivity contribution in [2.24, 2.45) is 0 Å². The molecule has 1 amide bonds. The predicted molar refractivity (Wildman–Crippen MR) is 105 cm³/mol. The van der Waals surface area contributed by atoms with Crippen molar-refractivity contribution in [2.75, 3.05) is 6.79 Å². The third-order valence-corrected chi connectivity index (χ3v) is 4.70. The van der Waals surface area contributed by atoms with Crippen LogP contribution in [0.15, 0.2) is 71.7 Å². The molecule has 28 heavy (non-hydrogen) atoms. The summed E-state index contributed by atoms with van der Waals surface area (Å²) in [5, 5.41) is 2.89. The van der Waals surface area contributed by atoms with Crippen LogP contribution in [-0.4, -0.2) is 17.3 Å². The van der Waals surface area contributed by atoms with Crippen molar-refractivity contribution in [2.45, 2.75) is 19.5 Å². The molecule has 3 aromatic rings. The summed E-state index contributed by atoms with van der Waals surface area (Å²) in [5.74, 6) is 0.940. The van der Waals surface area contributed by atoms with Gasteiger partial charge in [-0.3, -0.25) is 9.59 Å². The Kier molecular flexibility index (Phi) is 4.85. The Balaban J connectivity index is 1.52. The van der Waals surface area contributed by atoms with Gasteiger partial charge in [0.15, 0.2) is 11.5 Å². The minimum Gasteiger partial charge on any atom is -0.454 e. The van der Waals surface area contributed by atoms with Crippen molar-refractivity contribution in [3.63, 3.8) is 0 Å². The molecule has 142 valence electrons. The molecule has 1 aliphatic heterocycles. The maximum absolute atomic E-state index is 12.8. The minimum absolute atomic E-state index is 0.117. The van der Waals surface area contributed by atoms with Gasteiger partial charge in [0.1, 0.15) is 5.56 Å². The van der Waals surface area contributed by atoms with Gasteiger partial charge in [0.25, 0.3) is 11.5 Å². The summed E-state index contributed by atoms with van der Waals surface area (Å²) in [4.78, 5) is 25.5. The molecule has 0 aliphatic carbocycles. The molecule has 0 fully saturated rings. The second kappa shape index (κ2) is 7.60. The Labute approximate surface area is 162 Å². The van der Waals surface area contributed by atoms with E-state index >= 15 is 0 Å². The van der Waals surface area contributed by atoms with Crippen molar-refractivity contribution in [3.8, 4) is 11.5 Å². The first-order chi connectivity index (χ1) is 13.6. The molecule has 1 aliphatic rings. The normalized spacial score (nSPS) is 13.2. The number of carbonyl (C=O) groups excluding carboxylic acids is 1. The molecule has 0 bridgehead atoms. The van der Waals surface area contributed by atoms with Gasteiger partial charge in [-0.25, -0.2) is 0 Å². The summed E-state index contributed by atoms with van der Waals surface area (Å²) in [7, 11) is 0. The van der Waals surface area contributed by atoms with Crippen LogP contribution in [-0.2, 0) is 6.54 Å². The molecule has 6 nitrogen and oxygen atoms in total. The first-order valence-corrected chi connectivity index (χ1v) is 9.05. The third kappa shape index (κ3) is 3.62. The number of carbonyl (C=O) groups is 1. The second-order valence-corrected chi connectivity index (χ2v) is 6.65. The van der Waals surface area contributed by atoms with Crippen molar-refractivity contribution >= 4 is 5.91 Å². The lowest BCUT2D eigenvalue weighted by molar-refractivity contribution is 0.0937. The molecule has 0 saturated heterocycles. The molecule has 6 heteroatoms. The van der Waals surface area contributed by atoms with Crippen molar-refractivity contribution < 1.29 is 14.3 Å². The van der Waals surface area contributed by atoms with Gasteiger partial charge in [-0.2, -0.15) is 0 Å². The summed E-state index contributed by atoms with van der Waals surface area (Å²) >= 11 is 0. The third-order valence-electron chi connectivity index (χ3n) is 4.70. The number of rotatable bonds is 5. The molecule has 0 radical (unpaired) electrons. The van der Waals surface area contributed by atoms with Gasteiger partial charge in [0, 0.05) is 6.20 Å². The van der Waals surface area contributed by atoms with E-state index in [0.29, 0.717) is 18.0 Å². The first kappa shape index (κ1) is 17.9. The van der Waals surface area contributed by atoms with Crippen LogP contribution in [0.1, 0.15) is 34.5 Å². The number of ether oxygens (including phenoxy) is 2. The van der Waals surface area contributed by atoms with E-state index in [4.69, 9.17) is 9.47 Å². The standard InChI is InChI=1S/C22H20N2O4/c1-15(17-9-10-19-20(12-17)28-14-27-19)23-21(25)18-8-5-11-24(22(18)26)13-16-6-3-2-4-7-16/h2-12,15H,13-14H2,1H3,(H,23,25)/t15-/m0/s1. The van der Waals surface area contributed by atoms with E-state index in [1.165, 1.54) is 4.57 Å². The van der Waals surface area contributed by atoms with Gasteiger partial charge >= 0.3 is 0 Å². The van der Waals surface area contributed by atoms with Crippen LogP contribution in [0.4, 0.5) is 0 Å². The number of aromatic nitrogens is 1. The van der Waals surface area contributed by atoms with Crippen LogP contribution in [0.2, 0.25) is 0 Å². The Hall–Kier alpha value is -3.54. The molecule has 1 atom stereocenters. The fraction of sp³-hybridized carbons (Fsp3) is 0.182. The van der Waals surface area contributed by atoms with Gasteiger partial charge in [0.2, 0.25) is 6.79 Å². The van der Waals surface area contributed by atoms with E-state index in [0.717, 1.165) is 11.1 Å². The Morgan fingerprint density at radius 3 is 2.68 bits per heavy atom. The van der Waals surface area contributed by atoms with E-state index in [1.54, 1.807) is 18.3 Å². The summed E-state index contributed by atoms with van der Waals surface area (Å²) < 4.78 is 12.2. The van der Waals surface area contributed by atoms with Crippen LogP contribution in [0, 0.1) is 0 Å². The number of benzene rings is 2. The fourth-order valence-corrected chi connectivity index (χ4v) is 3.15. The van der Waals surface area contributed by atoms with Gasteiger partial charge < -0.3 is 19.4 Å². The maximum Gasteiger partial charge on any atom is 0.263 e. The highest BCUT2D eigenvalue weighted by atomic mass is 16.7. The lowest BCUT2D eigenvalue weighted by Crippen LogP contribution is -2.34. The highest BCUT2D eigenvalue weighted by Gasteiger charge is 2.19. The number of pyridine rings is 1. The predicted octanol–water partition coefficient (Wildman–Crippen LogP) is 3.12. The van der Waals surface area contributed by atoms with Crippen molar-refractivity contribution in [1.29, 1.82) is 0 Å². The summed E-state index contributed by atoms with van der Waals surface area (Å²) in [5.41, 5.74) is 1.67. The smallest absolute Gasteiger partial charge is 0.263 e. The minimum atomic E-state index is -0.405. The zero-order valence-electron chi connectivity index (χ0n) is 15.4. The zero-order valence-corrected chi connectivity index (χ0v) is 15.4. The van der Waals surface area contributed by atoms with Crippen LogP contribution in [0.25, 0.3) is 0 Å². The monoisotopic (exact) mass is 376 g/mol.